The van der Waals surface area contributed by atoms with E-state index < -0.39 is 0 Å². The maximum Gasteiger partial charge on any atom is 0.170 e. The Morgan fingerprint density at radius 1 is 1.30 bits per heavy atom. The van der Waals surface area contributed by atoms with Crippen LogP contribution in [-0.4, -0.2) is 18.4 Å². The van der Waals surface area contributed by atoms with Crippen molar-refractivity contribution in [1.82, 2.24) is 5.16 Å². The number of halogens is 1. The lowest BCUT2D eigenvalue weighted by atomic mass is 10.0. The summed E-state index contributed by atoms with van der Waals surface area (Å²) < 4.78 is 16.7. The second-order valence-electron chi connectivity index (χ2n) is 4.56. The summed E-state index contributed by atoms with van der Waals surface area (Å²) in [6.07, 6.45) is 1.59. The van der Waals surface area contributed by atoms with Gasteiger partial charge < -0.3 is 19.7 Å². The van der Waals surface area contributed by atoms with E-state index in [4.69, 9.17) is 31.3 Å². The third kappa shape index (κ3) is 2.18. The Balaban J connectivity index is 2.21. The third-order valence-electron chi connectivity index (χ3n) is 3.22. The van der Waals surface area contributed by atoms with Crippen LogP contribution in [0.5, 0.6) is 11.5 Å². The Morgan fingerprint density at radius 2 is 2.10 bits per heavy atom. The molecule has 1 aliphatic heterocycles. The summed E-state index contributed by atoms with van der Waals surface area (Å²) >= 11 is 6.38. The molecule has 0 atom stereocenters. The van der Waals surface area contributed by atoms with Crippen LogP contribution in [0.4, 0.5) is 5.82 Å². The van der Waals surface area contributed by atoms with E-state index in [1.54, 1.807) is 12.1 Å². The van der Waals surface area contributed by atoms with Gasteiger partial charge in [0.25, 0.3) is 0 Å². The Labute approximate surface area is 121 Å². The molecule has 0 fully saturated rings. The van der Waals surface area contributed by atoms with E-state index in [1.165, 1.54) is 0 Å². The first-order chi connectivity index (χ1) is 9.70. The number of hydrogen-bond acceptors (Lipinski definition) is 5. The predicted molar refractivity (Wildman–Crippen MR) is 76.3 cm³/mol. The summed E-state index contributed by atoms with van der Waals surface area (Å²) in [5.74, 6) is 2.28. The summed E-state index contributed by atoms with van der Waals surface area (Å²) in [4.78, 5) is 0. The molecule has 0 radical (unpaired) electrons. The molecule has 0 bridgehead atoms. The number of anilines is 1. The number of aromatic nitrogens is 1. The highest BCUT2D eigenvalue weighted by Gasteiger charge is 2.23. The minimum absolute atomic E-state index is 0.324. The van der Waals surface area contributed by atoms with E-state index in [9.17, 15) is 0 Å². The molecule has 106 valence electrons. The van der Waals surface area contributed by atoms with Crippen molar-refractivity contribution >= 4 is 17.4 Å². The van der Waals surface area contributed by atoms with E-state index in [1.807, 2.05) is 6.92 Å². The number of hydrogen-bond donors (Lipinski definition) is 1. The number of rotatable bonds is 2. The minimum atomic E-state index is 0.324. The van der Waals surface area contributed by atoms with Crippen LogP contribution in [0.15, 0.2) is 16.7 Å². The largest absolute Gasteiger partial charge is 0.489 e. The third-order valence-corrected chi connectivity index (χ3v) is 3.52. The van der Waals surface area contributed by atoms with Crippen LogP contribution in [0.25, 0.3) is 11.3 Å². The highest BCUT2D eigenvalue weighted by molar-refractivity contribution is 6.33. The summed E-state index contributed by atoms with van der Waals surface area (Å²) in [7, 11) is 0. The summed E-state index contributed by atoms with van der Waals surface area (Å²) in [5.41, 5.74) is 7.33. The van der Waals surface area contributed by atoms with E-state index >= 15 is 0 Å². The minimum Gasteiger partial charge on any atom is -0.489 e. The van der Waals surface area contributed by atoms with Crippen LogP contribution in [-0.2, 0) is 6.42 Å². The first kappa shape index (κ1) is 13.1. The average molecular weight is 295 g/mol. The van der Waals surface area contributed by atoms with E-state index in [2.05, 4.69) is 5.16 Å². The molecular weight excluding hydrogens is 280 g/mol. The molecule has 0 aliphatic carbocycles. The lowest BCUT2D eigenvalue weighted by Gasteiger charge is -2.16. The topological polar surface area (TPSA) is 70.5 Å². The van der Waals surface area contributed by atoms with Crippen molar-refractivity contribution in [1.29, 1.82) is 0 Å². The monoisotopic (exact) mass is 294 g/mol. The average Bonchev–Trinajstić information content (AvgIpc) is 2.71. The number of ether oxygens (including phenoxy) is 2. The molecule has 3 rings (SSSR count). The van der Waals surface area contributed by atoms with Gasteiger partial charge in [0, 0.05) is 29.7 Å². The van der Waals surface area contributed by atoms with Crippen LogP contribution in [0.1, 0.15) is 18.9 Å². The summed E-state index contributed by atoms with van der Waals surface area (Å²) in [5, 5.41) is 4.26. The second kappa shape index (κ2) is 5.25. The zero-order chi connectivity index (χ0) is 14.1. The van der Waals surface area contributed by atoms with E-state index in [0.717, 1.165) is 29.7 Å². The molecule has 0 unspecified atom stereocenters. The standard InChI is InChI=1S/C14H15ClN2O3/c1-2-8-13(10-7-12(16)17-20-10)9(15)6-11-14(8)19-5-3-4-18-11/h6-7H,2-5H2,1H3,(H2,16,17). The first-order valence-corrected chi connectivity index (χ1v) is 6.92. The fraction of sp³-hybridized carbons (Fsp3) is 0.357. The van der Waals surface area contributed by atoms with Gasteiger partial charge in [-0.1, -0.05) is 23.7 Å². The molecule has 0 saturated heterocycles. The van der Waals surface area contributed by atoms with Crippen LogP contribution in [0, 0.1) is 0 Å². The van der Waals surface area contributed by atoms with Crippen molar-refractivity contribution in [2.75, 3.05) is 18.9 Å². The molecule has 2 heterocycles. The molecule has 5 nitrogen and oxygen atoms in total. The molecule has 1 aromatic carbocycles. The molecule has 2 aromatic rings. The molecule has 20 heavy (non-hydrogen) atoms. The number of benzene rings is 1. The van der Waals surface area contributed by atoms with Gasteiger partial charge in [0.1, 0.15) is 0 Å². The number of nitrogens with zero attached hydrogens (tertiary/aromatic N) is 1. The van der Waals surface area contributed by atoms with Crippen molar-refractivity contribution in [2.45, 2.75) is 19.8 Å². The molecule has 0 spiro atoms. The highest BCUT2D eigenvalue weighted by Crippen LogP contribution is 2.44. The maximum absolute atomic E-state index is 6.38. The summed E-state index contributed by atoms with van der Waals surface area (Å²) in [6.45, 7) is 3.28. The van der Waals surface area contributed by atoms with Gasteiger partial charge in [-0.25, -0.2) is 0 Å². The SMILES string of the molecule is CCc1c2c(cc(Cl)c1-c1cc(N)no1)OCCCO2. The molecule has 1 aliphatic rings. The van der Waals surface area contributed by atoms with Gasteiger partial charge >= 0.3 is 0 Å². The predicted octanol–water partition coefficient (Wildman–Crippen LogP) is 3.30. The highest BCUT2D eigenvalue weighted by atomic mass is 35.5. The van der Waals surface area contributed by atoms with Gasteiger partial charge in [-0.05, 0) is 6.42 Å². The summed E-state index contributed by atoms with van der Waals surface area (Å²) in [6, 6.07) is 3.42. The quantitative estimate of drug-likeness (QED) is 0.920. The van der Waals surface area contributed by atoms with Crippen LogP contribution >= 0.6 is 11.6 Å². The van der Waals surface area contributed by atoms with Gasteiger partial charge in [-0.2, -0.15) is 0 Å². The fourth-order valence-corrected chi connectivity index (χ4v) is 2.66. The van der Waals surface area contributed by atoms with Crippen molar-refractivity contribution < 1.29 is 14.0 Å². The van der Waals surface area contributed by atoms with Crippen molar-refractivity contribution in [3.05, 3.63) is 22.7 Å². The molecular formula is C14H15ClN2O3. The smallest absolute Gasteiger partial charge is 0.170 e. The van der Waals surface area contributed by atoms with Crippen LogP contribution in [0.2, 0.25) is 5.02 Å². The molecule has 2 N–H and O–H groups in total. The number of nitrogen functional groups attached to an aromatic ring is 1. The lowest BCUT2D eigenvalue weighted by molar-refractivity contribution is 0.296. The van der Waals surface area contributed by atoms with E-state index in [-0.39, 0.29) is 0 Å². The zero-order valence-electron chi connectivity index (χ0n) is 11.1. The maximum atomic E-state index is 6.38. The molecule has 6 heteroatoms. The first-order valence-electron chi connectivity index (χ1n) is 6.54. The second-order valence-corrected chi connectivity index (χ2v) is 4.97. The normalized spacial score (nSPS) is 14.1. The van der Waals surface area contributed by atoms with Crippen LogP contribution in [0.3, 0.4) is 0 Å². The number of nitrogens with two attached hydrogens (primary N) is 1. The Bertz CT molecular complexity index is 640. The Kier molecular flexibility index (Phi) is 3.44. The van der Waals surface area contributed by atoms with E-state index in [0.29, 0.717) is 35.6 Å². The zero-order valence-corrected chi connectivity index (χ0v) is 11.9. The van der Waals surface area contributed by atoms with Gasteiger partial charge in [0.05, 0.1) is 18.2 Å². The van der Waals surface area contributed by atoms with Gasteiger partial charge in [0.2, 0.25) is 0 Å². The van der Waals surface area contributed by atoms with Crippen molar-refractivity contribution in [2.24, 2.45) is 0 Å². The fourth-order valence-electron chi connectivity index (χ4n) is 2.35. The molecule has 0 saturated carbocycles. The molecule has 0 amide bonds. The van der Waals surface area contributed by atoms with Gasteiger partial charge in [-0.3, -0.25) is 0 Å². The van der Waals surface area contributed by atoms with Crippen molar-refractivity contribution in [3.63, 3.8) is 0 Å². The van der Waals surface area contributed by atoms with Gasteiger partial charge in [0.15, 0.2) is 23.1 Å². The van der Waals surface area contributed by atoms with Gasteiger partial charge in [-0.15, -0.1) is 0 Å². The Hall–Kier alpha value is -1.88. The van der Waals surface area contributed by atoms with Crippen LogP contribution < -0.4 is 15.2 Å². The van der Waals surface area contributed by atoms with Crippen molar-refractivity contribution in [3.8, 4) is 22.8 Å². The Morgan fingerprint density at radius 3 is 2.80 bits per heavy atom. The number of fused-ring (bicyclic) bond motifs is 1. The molecule has 1 aromatic heterocycles. The lowest BCUT2D eigenvalue weighted by Crippen LogP contribution is -1.99.